The molecular weight excluding hydrogens is 380 g/mol. The minimum absolute atomic E-state index is 0.0165. The average molecular weight is 404 g/mol. The Balaban J connectivity index is 1.42. The first kappa shape index (κ1) is 19.7. The van der Waals surface area contributed by atoms with Gasteiger partial charge in [0.25, 0.3) is 0 Å². The lowest BCUT2D eigenvalue weighted by molar-refractivity contribution is -0.115. The Labute approximate surface area is 175 Å². The molecule has 0 unspecified atom stereocenters. The van der Waals surface area contributed by atoms with Gasteiger partial charge in [0.1, 0.15) is 6.61 Å². The Hall–Kier alpha value is -3.61. The van der Waals surface area contributed by atoms with Gasteiger partial charge in [0, 0.05) is 23.1 Å². The van der Waals surface area contributed by atoms with Crippen LogP contribution in [0.1, 0.15) is 19.4 Å². The van der Waals surface area contributed by atoms with Crippen molar-refractivity contribution in [1.29, 1.82) is 0 Å². The Kier molecular flexibility index (Phi) is 5.52. The Bertz CT molecular complexity index is 1030. The summed E-state index contributed by atoms with van der Waals surface area (Å²) in [7, 11) is 0. The summed E-state index contributed by atoms with van der Waals surface area (Å²) in [5.41, 5.74) is 4.33. The van der Waals surface area contributed by atoms with E-state index in [4.69, 9.17) is 4.74 Å². The predicted molar refractivity (Wildman–Crippen MR) is 115 cm³/mol. The Morgan fingerprint density at radius 2 is 2.03 bits per heavy atom. The van der Waals surface area contributed by atoms with Crippen molar-refractivity contribution >= 4 is 23.4 Å². The minimum atomic E-state index is -0.352. The van der Waals surface area contributed by atoms with E-state index in [1.807, 2.05) is 54.7 Å². The van der Waals surface area contributed by atoms with E-state index in [1.165, 1.54) is 0 Å². The van der Waals surface area contributed by atoms with E-state index in [1.54, 1.807) is 11.1 Å². The number of nitrogens with one attached hydrogen (secondary N) is 2. The van der Waals surface area contributed by atoms with Crippen LogP contribution in [0.2, 0.25) is 0 Å². The number of carbonyl (C=O) groups is 2. The number of carbonyl (C=O) groups excluding carboxylic acids is 2. The van der Waals surface area contributed by atoms with Gasteiger partial charge in [0.05, 0.1) is 18.7 Å². The van der Waals surface area contributed by atoms with E-state index in [-0.39, 0.29) is 30.4 Å². The number of amides is 2. The summed E-state index contributed by atoms with van der Waals surface area (Å²) in [6.45, 7) is 4.49. The smallest absolute Gasteiger partial charge is 0.414 e. The van der Waals surface area contributed by atoms with Gasteiger partial charge in [-0.3, -0.25) is 14.8 Å². The van der Waals surface area contributed by atoms with Crippen LogP contribution in [0.25, 0.3) is 11.1 Å². The van der Waals surface area contributed by atoms with Crippen molar-refractivity contribution in [3.05, 3.63) is 66.5 Å². The highest BCUT2D eigenvalue weighted by atomic mass is 16.6. The second kappa shape index (κ2) is 8.41. The summed E-state index contributed by atoms with van der Waals surface area (Å²) < 4.78 is 5.22. The first-order valence-electron chi connectivity index (χ1n) is 9.95. The number of hydrogen-bond donors (Lipinski definition) is 2. The van der Waals surface area contributed by atoms with Crippen molar-refractivity contribution in [2.45, 2.75) is 26.3 Å². The maximum atomic E-state index is 12.5. The van der Waals surface area contributed by atoms with Crippen molar-refractivity contribution in [3.63, 3.8) is 0 Å². The van der Waals surface area contributed by atoms with Gasteiger partial charge in [0.2, 0.25) is 5.91 Å². The summed E-state index contributed by atoms with van der Waals surface area (Å²) in [4.78, 5) is 26.4. The summed E-state index contributed by atoms with van der Waals surface area (Å²) in [6, 6.07) is 15.1. The SMILES string of the molecule is CC(C)[C@@H]1COC(=O)N1c1cccc(NC(=O)Cc2ccc(-c3cn[nH]c3)cc2)c1. The molecule has 4 rings (SSSR count). The van der Waals surface area contributed by atoms with Crippen LogP contribution >= 0.6 is 0 Å². The zero-order valence-corrected chi connectivity index (χ0v) is 17.0. The van der Waals surface area contributed by atoms with Crippen molar-refractivity contribution in [2.24, 2.45) is 5.92 Å². The van der Waals surface area contributed by atoms with Gasteiger partial charge in [0.15, 0.2) is 0 Å². The van der Waals surface area contributed by atoms with E-state index < -0.39 is 0 Å². The molecule has 1 aromatic heterocycles. The third-order valence-corrected chi connectivity index (χ3v) is 5.23. The molecule has 1 aliphatic heterocycles. The topological polar surface area (TPSA) is 87.3 Å². The molecule has 2 heterocycles. The van der Waals surface area contributed by atoms with Crippen LogP contribution in [0.15, 0.2) is 60.9 Å². The van der Waals surface area contributed by atoms with Crippen LogP contribution in [-0.4, -0.2) is 34.8 Å². The molecule has 30 heavy (non-hydrogen) atoms. The van der Waals surface area contributed by atoms with E-state index >= 15 is 0 Å². The fraction of sp³-hybridized carbons (Fsp3) is 0.261. The van der Waals surface area contributed by atoms with E-state index in [2.05, 4.69) is 29.4 Å². The number of aromatic amines is 1. The molecule has 2 aromatic carbocycles. The van der Waals surface area contributed by atoms with E-state index in [0.29, 0.717) is 12.3 Å². The lowest BCUT2D eigenvalue weighted by Crippen LogP contribution is -2.37. The van der Waals surface area contributed by atoms with E-state index in [0.717, 1.165) is 22.4 Å². The highest BCUT2D eigenvalue weighted by Crippen LogP contribution is 2.29. The largest absolute Gasteiger partial charge is 0.447 e. The van der Waals surface area contributed by atoms with Gasteiger partial charge in [-0.1, -0.05) is 44.2 Å². The highest BCUT2D eigenvalue weighted by Gasteiger charge is 2.36. The Morgan fingerprint density at radius 1 is 1.23 bits per heavy atom. The third kappa shape index (κ3) is 4.20. The maximum Gasteiger partial charge on any atom is 0.414 e. The van der Waals surface area contributed by atoms with Crippen molar-refractivity contribution in [1.82, 2.24) is 10.2 Å². The predicted octanol–water partition coefficient (Wildman–Crippen LogP) is 4.24. The number of nitrogens with zero attached hydrogens (tertiary/aromatic N) is 2. The molecule has 0 spiro atoms. The molecular formula is C23H24N4O3. The molecule has 3 aromatic rings. The number of H-pyrrole nitrogens is 1. The number of hydrogen-bond acceptors (Lipinski definition) is 4. The van der Waals surface area contributed by atoms with Crippen molar-refractivity contribution < 1.29 is 14.3 Å². The first-order chi connectivity index (χ1) is 14.5. The zero-order valence-electron chi connectivity index (χ0n) is 17.0. The zero-order chi connectivity index (χ0) is 21.1. The summed E-state index contributed by atoms with van der Waals surface area (Å²) in [5, 5.41) is 9.66. The molecule has 1 saturated heterocycles. The second-order valence-electron chi connectivity index (χ2n) is 7.72. The summed E-state index contributed by atoms with van der Waals surface area (Å²) in [6.07, 6.45) is 3.49. The number of aromatic nitrogens is 2. The Morgan fingerprint density at radius 3 is 2.73 bits per heavy atom. The van der Waals surface area contributed by atoms with Crippen LogP contribution < -0.4 is 10.2 Å². The molecule has 2 amide bonds. The quantitative estimate of drug-likeness (QED) is 0.643. The summed E-state index contributed by atoms with van der Waals surface area (Å²) >= 11 is 0. The molecule has 2 N–H and O–H groups in total. The molecule has 7 heteroatoms. The van der Waals surface area contributed by atoms with Crippen LogP contribution in [-0.2, 0) is 16.0 Å². The fourth-order valence-electron chi connectivity index (χ4n) is 3.57. The molecule has 0 saturated carbocycles. The van der Waals surface area contributed by atoms with Gasteiger partial charge in [-0.2, -0.15) is 5.10 Å². The average Bonchev–Trinajstić information content (AvgIpc) is 3.38. The maximum absolute atomic E-state index is 12.5. The number of rotatable bonds is 6. The standard InChI is InChI=1S/C23H24N4O3/c1-15(2)21-14-30-23(29)27(21)20-5-3-4-19(11-20)26-22(28)10-16-6-8-17(9-7-16)18-12-24-25-13-18/h3-9,11-13,15,21H,10,14H2,1-2H3,(H,24,25)(H,26,28)/t21-/m0/s1. The second-order valence-corrected chi connectivity index (χ2v) is 7.72. The van der Waals surface area contributed by atoms with Gasteiger partial charge in [-0.25, -0.2) is 4.79 Å². The summed E-state index contributed by atoms with van der Waals surface area (Å²) in [5.74, 6) is 0.146. The lowest BCUT2D eigenvalue weighted by Gasteiger charge is -2.24. The van der Waals surface area contributed by atoms with E-state index in [9.17, 15) is 9.59 Å². The molecule has 0 radical (unpaired) electrons. The third-order valence-electron chi connectivity index (χ3n) is 5.23. The van der Waals surface area contributed by atoms with Crippen LogP contribution in [0.4, 0.5) is 16.2 Å². The molecule has 1 aliphatic rings. The fourth-order valence-corrected chi connectivity index (χ4v) is 3.57. The lowest BCUT2D eigenvalue weighted by atomic mass is 10.0. The normalized spacial score (nSPS) is 16.0. The highest BCUT2D eigenvalue weighted by molar-refractivity contribution is 5.95. The minimum Gasteiger partial charge on any atom is -0.447 e. The molecule has 0 bridgehead atoms. The van der Waals surface area contributed by atoms with Gasteiger partial charge < -0.3 is 10.1 Å². The van der Waals surface area contributed by atoms with Crippen molar-refractivity contribution in [3.8, 4) is 11.1 Å². The number of ether oxygens (including phenoxy) is 1. The number of cyclic esters (lactones) is 1. The molecule has 0 aliphatic carbocycles. The van der Waals surface area contributed by atoms with Crippen molar-refractivity contribution in [2.75, 3.05) is 16.8 Å². The first-order valence-corrected chi connectivity index (χ1v) is 9.95. The monoisotopic (exact) mass is 404 g/mol. The molecule has 1 atom stereocenters. The molecule has 7 nitrogen and oxygen atoms in total. The van der Waals surface area contributed by atoms with Gasteiger partial charge in [-0.15, -0.1) is 0 Å². The van der Waals surface area contributed by atoms with Crippen LogP contribution in [0.3, 0.4) is 0 Å². The van der Waals surface area contributed by atoms with Gasteiger partial charge in [-0.05, 0) is 35.2 Å². The molecule has 1 fully saturated rings. The van der Waals surface area contributed by atoms with Crippen LogP contribution in [0.5, 0.6) is 0 Å². The number of anilines is 2. The molecule has 154 valence electrons. The van der Waals surface area contributed by atoms with Gasteiger partial charge >= 0.3 is 6.09 Å². The number of benzene rings is 2. The van der Waals surface area contributed by atoms with Crippen LogP contribution in [0, 0.1) is 5.92 Å².